The summed E-state index contributed by atoms with van der Waals surface area (Å²) in [6, 6.07) is 9.72. The molecule has 28 heavy (non-hydrogen) atoms. The summed E-state index contributed by atoms with van der Waals surface area (Å²) in [6.07, 6.45) is 3.50. The van der Waals surface area contributed by atoms with Crippen LogP contribution < -0.4 is 5.32 Å². The highest BCUT2D eigenvalue weighted by Gasteiger charge is 2.27. The van der Waals surface area contributed by atoms with E-state index < -0.39 is 10.0 Å². The van der Waals surface area contributed by atoms with E-state index in [2.05, 4.69) is 22.1 Å². The highest BCUT2D eigenvalue weighted by molar-refractivity contribution is 7.98. The first-order valence-corrected chi connectivity index (χ1v) is 11.7. The first-order chi connectivity index (χ1) is 13.5. The maximum absolute atomic E-state index is 12.8. The molecule has 3 rings (SSSR count). The normalized spacial score (nSPS) is 16.1. The number of carbonyl (C=O) groups excluding carboxylic acids is 1. The molecule has 1 aliphatic rings. The number of piperazine rings is 1. The number of nitrogens with one attached hydrogen (secondary N) is 1. The molecule has 1 aliphatic heterocycles. The molecule has 150 valence electrons. The first-order valence-electron chi connectivity index (χ1n) is 9.08. The number of hydrogen-bond acceptors (Lipinski definition) is 6. The Balaban J connectivity index is 1.70. The number of aromatic nitrogens is 1. The number of anilines is 1. The van der Waals surface area contributed by atoms with Crippen molar-refractivity contribution in [3.63, 3.8) is 0 Å². The molecular weight excluding hydrogens is 396 g/mol. The van der Waals surface area contributed by atoms with Crippen LogP contribution in [0.4, 0.5) is 5.69 Å². The molecule has 0 saturated carbocycles. The zero-order valence-corrected chi connectivity index (χ0v) is 17.6. The SMILES string of the molecule is CCN1CCN(S(=O)(=O)c2ccc(NC(=O)c3cccnc3SC)cc2)CC1. The van der Waals surface area contributed by atoms with Gasteiger partial charge in [0.2, 0.25) is 10.0 Å². The average molecular weight is 421 g/mol. The molecule has 0 spiro atoms. The van der Waals surface area contributed by atoms with Gasteiger partial charge in [0, 0.05) is 38.1 Å². The largest absolute Gasteiger partial charge is 0.322 e. The second-order valence-corrected chi connectivity index (χ2v) is 9.11. The summed E-state index contributed by atoms with van der Waals surface area (Å²) in [7, 11) is -3.52. The highest BCUT2D eigenvalue weighted by atomic mass is 32.2. The maximum atomic E-state index is 12.8. The fourth-order valence-electron chi connectivity index (χ4n) is 3.07. The second kappa shape index (κ2) is 9.04. The van der Waals surface area contributed by atoms with Crippen LogP contribution in [0.3, 0.4) is 0 Å². The minimum absolute atomic E-state index is 0.238. The van der Waals surface area contributed by atoms with Gasteiger partial charge >= 0.3 is 0 Å². The van der Waals surface area contributed by atoms with E-state index in [0.717, 1.165) is 19.6 Å². The summed E-state index contributed by atoms with van der Waals surface area (Å²) in [6.45, 7) is 5.47. The number of thioether (sulfide) groups is 1. The van der Waals surface area contributed by atoms with Crippen molar-refractivity contribution in [1.82, 2.24) is 14.2 Å². The number of carbonyl (C=O) groups is 1. The van der Waals surface area contributed by atoms with Crippen molar-refractivity contribution in [2.75, 3.05) is 44.3 Å². The van der Waals surface area contributed by atoms with Crippen LogP contribution in [0, 0.1) is 0 Å². The molecule has 0 radical (unpaired) electrons. The van der Waals surface area contributed by atoms with E-state index in [1.165, 1.54) is 28.2 Å². The number of benzene rings is 1. The van der Waals surface area contributed by atoms with Crippen LogP contribution in [-0.2, 0) is 10.0 Å². The third-order valence-electron chi connectivity index (χ3n) is 4.74. The topological polar surface area (TPSA) is 82.6 Å². The van der Waals surface area contributed by atoms with Crippen molar-refractivity contribution in [2.24, 2.45) is 0 Å². The van der Waals surface area contributed by atoms with Gasteiger partial charge in [-0.2, -0.15) is 4.31 Å². The molecule has 0 aliphatic carbocycles. The van der Waals surface area contributed by atoms with Gasteiger partial charge in [0.25, 0.3) is 5.91 Å². The third-order valence-corrected chi connectivity index (χ3v) is 7.36. The molecule has 2 heterocycles. The van der Waals surface area contributed by atoms with Crippen LogP contribution >= 0.6 is 11.8 Å². The summed E-state index contributed by atoms with van der Waals surface area (Å²) in [4.78, 5) is 19.1. The van der Waals surface area contributed by atoms with E-state index >= 15 is 0 Å². The molecule has 7 nitrogen and oxygen atoms in total. The molecule has 9 heteroatoms. The van der Waals surface area contributed by atoms with Gasteiger partial charge in [0.1, 0.15) is 5.03 Å². The fraction of sp³-hybridized carbons (Fsp3) is 0.368. The van der Waals surface area contributed by atoms with Crippen LogP contribution in [0.2, 0.25) is 0 Å². The lowest BCUT2D eigenvalue weighted by molar-refractivity contribution is 0.102. The number of hydrogen-bond donors (Lipinski definition) is 1. The van der Waals surface area contributed by atoms with Gasteiger partial charge < -0.3 is 10.2 Å². The van der Waals surface area contributed by atoms with Crippen LogP contribution in [0.25, 0.3) is 0 Å². The van der Waals surface area contributed by atoms with E-state index in [9.17, 15) is 13.2 Å². The summed E-state index contributed by atoms with van der Waals surface area (Å²) in [5.74, 6) is -0.274. The molecule has 1 fully saturated rings. The maximum Gasteiger partial charge on any atom is 0.258 e. The average Bonchev–Trinajstić information content (AvgIpc) is 2.74. The van der Waals surface area contributed by atoms with Crippen molar-refractivity contribution in [2.45, 2.75) is 16.8 Å². The lowest BCUT2D eigenvalue weighted by atomic mass is 10.2. The molecule has 1 N–H and O–H groups in total. The zero-order chi connectivity index (χ0) is 20.1. The van der Waals surface area contributed by atoms with E-state index in [1.807, 2.05) is 6.26 Å². The third kappa shape index (κ3) is 4.54. The Morgan fingerprint density at radius 3 is 2.43 bits per heavy atom. The van der Waals surface area contributed by atoms with Gasteiger partial charge in [0.05, 0.1) is 10.5 Å². The smallest absolute Gasteiger partial charge is 0.258 e. The zero-order valence-electron chi connectivity index (χ0n) is 16.0. The van der Waals surface area contributed by atoms with Gasteiger partial charge in [-0.1, -0.05) is 6.92 Å². The van der Waals surface area contributed by atoms with E-state index in [-0.39, 0.29) is 10.8 Å². The second-order valence-electron chi connectivity index (χ2n) is 6.38. The molecule has 0 bridgehead atoms. The Bertz CT molecular complexity index is 924. The number of sulfonamides is 1. The molecular formula is C19H24N4O3S2. The summed E-state index contributed by atoms with van der Waals surface area (Å²) in [5.41, 5.74) is 1.02. The summed E-state index contributed by atoms with van der Waals surface area (Å²) in [5, 5.41) is 3.44. The Morgan fingerprint density at radius 2 is 1.82 bits per heavy atom. The standard InChI is InChI=1S/C19H24N4O3S2/c1-3-22-11-13-23(14-12-22)28(25,26)16-8-6-15(7-9-16)21-18(24)17-5-4-10-20-19(17)27-2/h4-10H,3,11-14H2,1-2H3,(H,21,24). The van der Waals surface area contributed by atoms with Crippen LogP contribution in [0.5, 0.6) is 0 Å². The highest BCUT2D eigenvalue weighted by Crippen LogP contribution is 2.22. The van der Waals surface area contributed by atoms with Crippen molar-refractivity contribution < 1.29 is 13.2 Å². The monoisotopic (exact) mass is 420 g/mol. The van der Waals surface area contributed by atoms with Crippen LogP contribution in [0.1, 0.15) is 17.3 Å². The molecule has 1 aromatic carbocycles. The summed E-state index contributed by atoms with van der Waals surface area (Å²) < 4.78 is 27.2. The quantitative estimate of drug-likeness (QED) is 0.723. The Hall–Kier alpha value is -1.94. The molecule has 1 saturated heterocycles. The number of amides is 1. The van der Waals surface area contributed by atoms with Gasteiger partial charge in [-0.15, -0.1) is 11.8 Å². The first kappa shape index (κ1) is 20.8. The predicted molar refractivity (Wildman–Crippen MR) is 111 cm³/mol. The van der Waals surface area contributed by atoms with Crippen LogP contribution in [0.15, 0.2) is 52.5 Å². The summed E-state index contributed by atoms with van der Waals surface area (Å²) >= 11 is 1.40. The van der Waals surface area contributed by atoms with E-state index in [0.29, 0.717) is 29.4 Å². The Labute approximate surface area is 170 Å². The Morgan fingerprint density at radius 1 is 1.14 bits per heavy atom. The predicted octanol–water partition coefficient (Wildman–Crippen LogP) is 2.38. The van der Waals surface area contributed by atoms with Crippen molar-refractivity contribution in [3.8, 4) is 0 Å². The molecule has 1 amide bonds. The van der Waals surface area contributed by atoms with E-state index in [1.54, 1.807) is 30.5 Å². The lowest BCUT2D eigenvalue weighted by Crippen LogP contribution is -2.48. The van der Waals surface area contributed by atoms with Crippen LogP contribution in [-0.4, -0.2) is 67.5 Å². The lowest BCUT2D eigenvalue weighted by Gasteiger charge is -2.33. The molecule has 1 aromatic heterocycles. The number of rotatable bonds is 6. The van der Waals surface area contributed by atoms with Gasteiger partial charge in [-0.05, 0) is 49.2 Å². The van der Waals surface area contributed by atoms with Crippen molar-refractivity contribution >= 4 is 33.4 Å². The molecule has 2 aromatic rings. The van der Waals surface area contributed by atoms with Crippen molar-refractivity contribution in [3.05, 3.63) is 48.2 Å². The molecule has 0 atom stereocenters. The minimum Gasteiger partial charge on any atom is -0.322 e. The molecule has 0 unspecified atom stereocenters. The van der Waals surface area contributed by atoms with E-state index in [4.69, 9.17) is 0 Å². The van der Waals surface area contributed by atoms with Gasteiger partial charge in [-0.25, -0.2) is 13.4 Å². The number of nitrogens with zero attached hydrogens (tertiary/aromatic N) is 3. The van der Waals surface area contributed by atoms with Crippen molar-refractivity contribution in [1.29, 1.82) is 0 Å². The van der Waals surface area contributed by atoms with Gasteiger partial charge in [-0.3, -0.25) is 4.79 Å². The van der Waals surface area contributed by atoms with Gasteiger partial charge in [0.15, 0.2) is 0 Å². The fourth-order valence-corrected chi connectivity index (χ4v) is 5.04. The minimum atomic E-state index is -3.52. The Kier molecular flexibility index (Phi) is 6.71. The number of likely N-dealkylation sites (N-methyl/N-ethyl adjacent to an activating group) is 1. The number of pyridine rings is 1.